The molecule has 1 N–H and O–H groups in total. The molecule has 0 amide bonds. The number of carbonyl (C=O) groups excluding carboxylic acids is 1. The van der Waals surface area contributed by atoms with Crippen LogP contribution in [0.15, 0.2) is 72.8 Å². The van der Waals surface area contributed by atoms with Crippen LogP contribution in [0.25, 0.3) is 23.2 Å². The number of aromatic nitrogens is 2. The molecule has 0 aliphatic heterocycles. The Morgan fingerprint density at radius 3 is 2.52 bits per heavy atom. The molecule has 1 heterocycles. The molecule has 5 nitrogen and oxygen atoms in total. The number of fused-ring (bicyclic) bond motifs is 1. The maximum atomic E-state index is 11.9. The Kier molecular flexibility index (Phi) is 5.38. The van der Waals surface area contributed by atoms with Gasteiger partial charge < -0.3 is 14.5 Å². The van der Waals surface area contributed by atoms with E-state index < -0.39 is 5.97 Å². The first-order valence-electron chi connectivity index (χ1n) is 9.25. The Labute approximate surface area is 168 Å². The second-order valence-electron chi connectivity index (χ2n) is 6.49. The van der Waals surface area contributed by atoms with E-state index in [1.165, 1.54) is 7.11 Å². The first kappa shape index (κ1) is 18.5. The molecule has 0 unspecified atom stereocenters. The van der Waals surface area contributed by atoms with Gasteiger partial charge in [0, 0.05) is 0 Å². The lowest BCUT2D eigenvalue weighted by atomic mass is 10.2. The molecule has 0 radical (unpaired) electrons. The molecule has 0 fully saturated rings. The molecule has 0 saturated carbocycles. The highest BCUT2D eigenvalue weighted by atomic mass is 16.5. The molecule has 0 aliphatic carbocycles. The van der Waals surface area contributed by atoms with E-state index in [4.69, 9.17) is 9.47 Å². The number of carbonyl (C=O) groups is 1. The first-order chi connectivity index (χ1) is 14.2. The summed E-state index contributed by atoms with van der Waals surface area (Å²) in [6.45, 7) is 0.539. The summed E-state index contributed by atoms with van der Waals surface area (Å²) in [6, 6.07) is 23.3. The van der Waals surface area contributed by atoms with Gasteiger partial charge in [-0.15, -0.1) is 0 Å². The molecular weight excluding hydrogens is 364 g/mol. The van der Waals surface area contributed by atoms with E-state index >= 15 is 0 Å². The molecule has 0 aliphatic rings. The number of hydrogen-bond donors (Lipinski definition) is 1. The number of methoxy groups -OCH3 is 1. The molecule has 144 valence electrons. The average molecular weight is 384 g/mol. The molecule has 1 aromatic heterocycles. The SMILES string of the molecule is COC(=O)c1cccc2[nH]c(C=Cc3ccc(OCc4ccccc4)cc3)nc12. The number of H-pyrrole nitrogens is 1. The van der Waals surface area contributed by atoms with E-state index in [0.29, 0.717) is 23.5 Å². The minimum atomic E-state index is -0.399. The summed E-state index contributed by atoms with van der Waals surface area (Å²) in [4.78, 5) is 19.6. The van der Waals surface area contributed by atoms with Crippen LogP contribution in [-0.4, -0.2) is 23.0 Å². The molecule has 0 bridgehead atoms. The number of hydrogen-bond acceptors (Lipinski definition) is 4. The number of esters is 1. The number of rotatable bonds is 6. The van der Waals surface area contributed by atoms with Crippen molar-refractivity contribution >= 4 is 29.2 Å². The van der Waals surface area contributed by atoms with Crippen LogP contribution in [-0.2, 0) is 11.3 Å². The predicted molar refractivity (Wildman–Crippen MR) is 114 cm³/mol. The third-order valence-electron chi connectivity index (χ3n) is 4.50. The highest BCUT2D eigenvalue weighted by molar-refractivity contribution is 6.02. The predicted octanol–water partition coefficient (Wildman–Crippen LogP) is 5.10. The monoisotopic (exact) mass is 384 g/mol. The molecule has 0 spiro atoms. The van der Waals surface area contributed by atoms with Crippen LogP contribution in [0.5, 0.6) is 5.75 Å². The third-order valence-corrected chi connectivity index (χ3v) is 4.50. The molecule has 4 aromatic rings. The quantitative estimate of drug-likeness (QED) is 0.470. The summed E-state index contributed by atoms with van der Waals surface area (Å²) in [5, 5.41) is 0. The van der Waals surface area contributed by atoms with Crippen molar-refractivity contribution in [1.29, 1.82) is 0 Å². The second-order valence-corrected chi connectivity index (χ2v) is 6.49. The van der Waals surface area contributed by atoms with Gasteiger partial charge in [-0.25, -0.2) is 9.78 Å². The van der Waals surface area contributed by atoms with Gasteiger partial charge in [-0.3, -0.25) is 0 Å². The fraction of sp³-hybridized carbons (Fsp3) is 0.0833. The summed E-state index contributed by atoms with van der Waals surface area (Å²) >= 11 is 0. The van der Waals surface area contributed by atoms with Gasteiger partial charge in [0.25, 0.3) is 0 Å². The zero-order valence-electron chi connectivity index (χ0n) is 16.0. The lowest BCUT2D eigenvalue weighted by Gasteiger charge is -2.06. The molecule has 0 saturated heterocycles. The highest BCUT2D eigenvalue weighted by Crippen LogP contribution is 2.19. The number of nitrogens with one attached hydrogen (secondary N) is 1. The van der Waals surface area contributed by atoms with Gasteiger partial charge >= 0.3 is 5.97 Å². The lowest BCUT2D eigenvalue weighted by molar-refractivity contribution is 0.0603. The zero-order chi connectivity index (χ0) is 20.1. The Morgan fingerprint density at radius 1 is 0.966 bits per heavy atom. The topological polar surface area (TPSA) is 64.2 Å². The average Bonchev–Trinajstić information content (AvgIpc) is 3.20. The fourth-order valence-corrected chi connectivity index (χ4v) is 3.00. The summed E-state index contributed by atoms with van der Waals surface area (Å²) in [5.74, 6) is 1.09. The van der Waals surface area contributed by atoms with Crippen molar-refractivity contribution < 1.29 is 14.3 Å². The summed E-state index contributed by atoms with van der Waals surface area (Å²) in [7, 11) is 1.36. The van der Waals surface area contributed by atoms with Gasteiger partial charge in [-0.05, 0) is 41.5 Å². The van der Waals surface area contributed by atoms with E-state index in [9.17, 15) is 4.79 Å². The van der Waals surface area contributed by atoms with Crippen LogP contribution in [0.4, 0.5) is 0 Å². The normalized spacial score (nSPS) is 11.1. The van der Waals surface area contributed by atoms with E-state index in [1.54, 1.807) is 12.1 Å². The Hall–Kier alpha value is -3.86. The minimum absolute atomic E-state index is 0.399. The smallest absolute Gasteiger partial charge is 0.340 e. The summed E-state index contributed by atoms with van der Waals surface area (Å²) < 4.78 is 10.6. The van der Waals surface area contributed by atoms with E-state index in [1.807, 2.05) is 72.8 Å². The highest BCUT2D eigenvalue weighted by Gasteiger charge is 2.12. The number of para-hydroxylation sites is 1. The maximum Gasteiger partial charge on any atom is 0.340 e. The third kappa shape index (κ3) is 4.35. The number of imidazole rings is 1. The molecule has 29 heavy (non-hydrogen) atoms. The van der Waals surface area contributed by atoms with Gasteiger partial charge in [0.05, 0.1) is 18.2 Å². The van der Waals surface area contributed by atoms with Crippen molar-refractivity contribution in [2.45, 2.75) is 6.61 Å². The second kappa shape index (κ2) is 8.44. The lowest BCUT2D eigenvalue weighted by Crippen LogP contribution is -2.01. The van der Waals surface area contributed by atoms with Crippen LogP contribution in [0.3, 0.4) is 0 Å². The Bertz CT molecular complexity index is 1150. The summed E-state index contributed by atoms with van der Waals surface area (Å²) in [6.07, 6.45) is 3.83. The van der Waals surface area contributed by atoms with Crippen molar-refractivity contribution in [1.82, 2.24) is 9.97 Å². The standard InChI is InChI=1S/C24H20N2O3/c1-28-24(27)20-8-5-9-21-23(20)26-22(25-21)15-12-17-10-13-19(14-11-17)29-16-18-6-3-2-4-7-18/h2-15H,16H2,1H3,(H,25,26). The molecule has 3 aromatic carbocycles. The van der Waals surface area contributed by atoms with Crippen LogP contribution in [0.1, 0.15) is 27.3 Å². The Balaban J connectivity index is 1.45. The van der Waals surface area contributed by atoms with Crippen molar-refractivity contribution in [3.05, 3.63) is 95.3 Å². The number of ether oxygens (including phenoxy) is 2. The van der Waals surface area contributed by atoms with Crippen molar-refractivity contribution in [2.75, 3.05) is 7.11 Å². The van der Waals surface area contributed by atoms with Gasteiger partial charge in [0.15, 0.2) is 0 Å². The van der Waals surface area contributed by atoms with Crippen LogP contribution in [0, 0.1) is 0 Å². The number of aromatic amines is 1. The van der Waals surface area contributed by atoms with Gasteiger partial charge in [-0.1, -0.05) is 54.6 Å². The van der Waals surface area contributed by atoms with E-state index in [2.05, 4.69) is 9.97 Å². The molecule has 5 heteroatoms. The van der Waals surface area contributed by atoms with Crippen molar-refractivity contribution in [3.63, 3.8) is 0 Å². The molecule has 0 atom stereocenters. The van der Waals surface area contributed by atoms with E-state index in [-0.39, 0.29) is 0 Å². The molecule has 4 rings (SSSR count). The minimum Gasteiger partial charge on any atom is -0.489 e. The van der Waals surface area contributed by atoms with Crippen LogP contribution in [0.2, 0.25) is 0 Å². The van der Waals surface area contributed by atoms with Gasteiger partial charge in [-0.2, -0.15) is 0 Å². The van der Waals surface area contributed by atoms with Crippen molar-refractivity contribution in [2.24, 2.45) is 0 Å². The zero-order valence-corrected chi connectivity index (χ0v) is 16.0. The largest absolute Gasteiger partial charge is 0.489 e. The maximum absolute atomic E-state index is 11.9. The van der Waals surface area contributed by atoms with Crippen LogP contribution >= 0.6 is 0 Å². The number of nitrogens with zero attached hydrogens (tertiary/aromatic N) is 1. The van der Waals surface area contributed by atoms with Gasteiger partial charge in [0.1, 0.15) is 23.7 Å². The fourth-order valence-electron chi connectivity index (χ4n) is 3.00. The summed E-state index contributed by atoms with van der Waals surface area (Å²) in [5.41, 5.74) is 3.99. The van der Waals surface area contributed by atoms with Crippen molar-refractivity contribution in [3.8, 4) is 5.75 Å². The molecular formula is C24H20N2O3. The Morgan fingerprint density at radius 2 is 1.76 bits per heavy atom. The van der Waals surface area contributed by atoms with E-state index in [0.717, 1.165) is 22.4 Å². The van der Waals surface area contributed by atoms with Crippen LogP contribution < -0.4 is 4.74 Å². The van der Waals surface area contributed by atoms with Gasteiger partial charge in [0.2, 0.25) is 0 Å². The number of benzene rings is 3. The first-order valence-corrected chi connectivity index (χ1v) is 9.25.